The topological polar surface area (TPSA) is 66.5 Å². The molecule has 1 aliphatic rings. The van der Waals surface area contributed by atoms with Gasteiger partial charge >= 0.3 is 6.03 Å². The van der Waals surface area contributed by atoms with Crippen LogP contribution in [0.4, 0.5) is 10.5 Å². The zero-order chi connectivity index (χ0) is 15.0. The van der Waals surface area contributed by atoms with Crippen LogP contribution in [0.25, 0.3) is 0 Å². The van der Waals surface area contributed by atoms with Crippen LogP contribution < -0.4 is 5.32 Å². The Morgan fingerprint density at radius 1 is 1.05 bits per heavy atom. The highest BCUT2D eigenvalue weighted by atomic mass is 35.5. The summed E-state index contributed by atoms with van der Waals surface area (Å²) in [7, 11) is -3.85. The number of carbonyl (C=O) groups is 1. The fourth-order valence-corrected chi connectivity index (χ4v) is 3.71. The maximum absolute atomic E-state index is 12.5. The first-order valence-electron chi connectivity index (χ1n) is 6.16. The molecule has 3 rings (SSSR count). The third-order valence-electron chi connectivity index (χ3n) is 3.16. The average molecular weight is 323 g/mol. The molecule has 1 N–H and O–H groups in total. The molecule has 21 heavy (non-hydrogen) atoms. The van der Waals surface area contributed by atoms with Gasteiger partial charge in [0.2, 0.25) is 0 Å². The van der Waals surface area contributed by atoms with Gasteiger partial charge in [0, 0.05) is 5.02 Å². The second kappa shape index (κ2) is 5.05. The number of sulfonamides is 1. The Kier molecular flexibility index (Phi) is 3.35. The number of fused-ring (bicyclic) bond motifs is 1. The molecule has 0 saturated heterocycles. The predicted octanol–water partition coefficient (Wildman–Crippen LogP) is 3.08. The largest absolute Gasteiger partial charge is 0.336 e. The lowest BCUT2D eigenvalue weighted by atomic mass is 10.2. The minimum absolute atomic E-state index is 0.0420. The Hall–Kier alpha value is -2.05. The van der Waals surface area contributed by atoms with E-state index in [0.717, 1.165) is 4.31 Å². The smallest absolute Gasteiger partial charge is 0.306 e. The van der Waals surface area contributed by atoms with Crippen molar-refractivity contribution in [2.24, 2.45) is 0 Å². The van der Waals surface area contributed by atoms with Gasteiger partial charge in [-0.25, -0.2) is 17.5 Å². The molecule has 0 fully saturated rings. The lowest BCUT2D eigenvalue weighted by Gasteiger charge is -2.28. The van der Waals surface area contributed by atoms with Gasteiger partial charge in [0.05, 0.1) is 12.2 Å². The lowest BCUT2D eigenvalue weighted by Crippen LogP contribution is -2.43. The highest BCUT2D eigenvalue weighted by molar-refractivity contribution is 7.90. The highest BCUT2D eigenvalue weighted by Crippen LogP contribution is 2.30. The van der Waals surface area contributed by atoms with Crippen molar-refractivity contribution in [1.82, 2.24) is 4.31 Å². The molecule has 1 aliphatic heterocycles. The molecular formula is C14H11ClN2O3S. The van der Waals surface area contributed by atoms with E-state index in [1.807, 2.05) is 0 Å². The first kappa shape index (κ1) is 13.9. The number of hydrogen-bond acceptors (Lipinski definition) is 3. The standard InChI is InChI=1S/C14H11ClN2O3S/c15-11-7-5-10(6-8-11)9-17-14(18)16-12-3-1-2-4-13(12)21(17,19)20/h1-8H,9H2,(H,16,18). The second-order valence-electron chi connectivity index (χ2n) is 4.56. The third kappa shape index (κ3) is 2.48. The number of anilines is 1. The van der Waals surface area contributed by atoms with Crippen LogP contribution in [0.2, 0.25) is 5.02 Å². The molecule has 2 amide bonds. The van der Waals surface area contributed by atoms with Crippen molar-refractivity contribution in [3.05, 3.63) is 59.1 Å². The summed E-state index contributed by atoms with van der Waals surface area (Å²) in [4.78, 5) is 12.1. The Balaban J connectivity index is 2.00. The average Bonchev–Trinajstić information content (AvgIpc) is 2.45. The zero-order valence-electron chi connectivity index (χ0n) is 10.8. The SMILES string of the molecule is O=C1Nc2ccccc2S(=O)(=O)N1Cc1ccc(Cl)cc1. The zero-order valence-corrected chi connectivity index (χ0v) is 12.4. The number of rotatable bonds is 2. The fourth-order valence-electron chi connectivity index (χ4n) is 2.11. The van der Waals surface area contributed by atoms with Crippen LogP contribution in [0.5, 0.6) is 0 Å². The Morgan fingerprint density at radius 2 is 1.71 bits per heavy atom. The van der Waals surface area contributed by atoms with E-state index in [-0.39, 0.29) is 11.4 Å². The highest BCUT2D eigenvalue weighted by Gasteiger charge is 2.36. The molecule has 1 heterocycles. The Morgan fingerprint density at radius 3 is 2.43 bits per heavy atom. The molecule has 0 unspecified atom stereocenters. The van der Waals surface area contributed by atoms with Crippen LogP contribution in [0, 0.1) is 0 Å². The molecule has 2 aromatic carbocycles. The van der Waals surface area contributed by atoms with Crippen LogP contribution in [-0.2, 0) is 16.6 Å². The summed E-state index contributed by atoms with van der Waals surface area (Å²) in [6.07, 6.45) is 0. The van der Waals surface area contributed by atoms with Crippen LogP contribution in [0.3, 0.4) is 0 Å². The summed E-state index contributed by atoms with van der Waals surface area (Å²) >= 11 is 5.79. The molecular weight excluding hydrogens is 312 g/mol. The van der Waals surface area contributed by atoms with Crippen LogP contribution >= 0.6 is 11.6 Å². The van der Waals surface area contributed by atoms with E-state index < -0.39 is 16.1 Å². The van der Waals surface area contributed by atoms with Gasteiger partial charge in [-0.3, -0.25) is 0 Å². The summed E-state index contributed by atoms with van der Waals surface area (Å²) in [5.41, 5.74) is 0.979. The molecule has 108 valence electrons. The van der Waals surface area contributed by atoms with E-state index in [1.54, 1.807) is 42.5 Å². The minimum atomic E-state index is -3.85. The van der Waals surface area contributed by atoms with E-state index in [0.29, 0.717) is 16.3 Å². The van der Waals surface area contributed by atoms with E-state index in [1.165, 1.54) is 6.07 Å². The Bertz CT molecular complexity index is 803. The summed E-state index contributed by atoms with van der Waals surface area (Å²) in [6, 6.07) is 12.3. The molecule has 7 heteroatoms. The quantitative estimate of drug-likeness (QED) is 0.924. The van der Waals surface area contributed by atoms with Crippen LogP contribution in [0.1, 0.15) is 5.56 Å². The van der Waals surface area contributed by atoms with Gasteiger partial charge in [-0.05, 0) is 29.8 Å². The first-order chi connectivity index (χ1) is 9.98. The molecule has 0 aromatic heterocycles. The number of nitrogens with one attached hydrogen (secondary N) is 1. The van der Waals surface area contributed by atoms with E-state index in [9.17, 15) is 13.2 Å². The number of halogens is 1. The van der Waals surface area contributed by atoms with Crippen LogP contribution in [0.15, 0.2) is 53.4 Å². The van der Waals surface area contributed by atoms with E-state index >= 15 is 0 Å². The summed E-state index contributed by atoms with van der Waals surface area (Å²) in [5, 5.41) is 3.13. The third-order valence-corrected chi connectivity index (χ3v) is 5.20. The molecule has 5 nitrogen and oxygen atoms in total. The number of carbonyl (C=O) groups excluding carboxylic acids is 1. The monoisotopic (exact) mass is 322 g/mol. The van der Waals surface area contributed by atoms with E-state index in [4.69, 9.17) is 11.6 Å². The number of benzene rings is 2. The van der Waals surface area contributed by atoms with Crippen molar-refractivity contribution in [3.8, 4) is 0 Å². The first-order valence-corrected chi connectivity index (χ1v) is 7.97. The van der Waals surface area contributed by atoms with Crippen molar-refractivity contribution in [2.75, 3.05) is 5.32 Å². The fraction of sp³-hybridized carbons (Fsp3) is 0.0714. The van der Waals surface area contributed by atoms with Gasteiger partial charge in [-0.2, -0.15) is 0 Å². The summed E-state index contributed by atoms with van der Waals surface area (Å²) < 4.78 is 25.9. The predicted molar refractivity (Wildman–Crippen MR) is 79.6 cm³/mol. The maximum atomic E-state index is 12.5. The second-order valence-corrected chi connectivity index (χ2v) is 6.83. The molecule has 0 atom stereocenters. The van der Waals surface area contributed by atoms with Gasteiger partial charge in [0.15, 0.2) is 0 Å². The Labute approximate surface area is 127 Å². The molecule has 0 spiro atoms. The van der Waals surface area contributed by atoms with Gasteiger partial charge in [-0.1, -0.05) is 35.9 Å². The minimum Gasteiger partial charge on any atom is -0.306 e. The number of para-hydroxylation sites is 1. The number of nitrogens with zero attached hydrogens (tertiary/aromatic N) is 1. The maximum Gasteiger partial charge on any atom is 0.336 e. The van der Waals surface area contributed by atoms with Crippen molar-refractivity contribution >= 4 is 33.3 Å². The van der Waals surface area contributed by atoms with Crippen molar-refractivity contribution in [3.63, 3.8) is 0 Å². The van der Waals surface area contributed by atoms with Crippen molar-refractivity contribution < 1.29 is 13.2 Å². The number of amides is 2. The summed E-state index contributed by atoms with van der Waals surface area (Å²) in [6.45, 7) is -0.0420. The normalized spacial score (nSPS) is 16.2. The molecule has 0 saturated carbocycles. The molecule has 0 bridgehead atoms. The molecule has 2 aromatic rings. The van der Waals surface area contributed by atoms with Gasteiger partial charge in [0.25, 0.3) is 10.0 Å². The lowest BCUT2D eigenvalue weighted by molar-refractivity contribution is 0.233. The summed E-state index contributed by atoms with van der Waals surface area (Å²) in [5.74, 6) is 0. The molecule has 0 radical (unpaired) electrons. The number of urea groups is 1. The van der Waals surface area contributed by atoms with E-state index in [2.05, 4.69) is 5.32 Å². The van der Waals surface area contributed by atoms with Gasteiger partial charge < -0.3 is 5.32 Å². The van der Waals surface area contributed by atoms with Crippen LogP contribution in [-0.4, -0.2) is 18.8 Å². The van der Waals surface area contributed by atoms with Gasteiger partial charge in [0.1, 0.15) is 4.90 Å². The van der Waals surface area contributed by atoms with Crippen molar-refractivity contribution in [1.29, 1.82) is 0 Å². The van der Waals surface area contributed by atoms with Gasteiger partial charge in [-0.15, -0.1) is 0 Å². The van der Waals surface area contributed by atoms with Crippen molar-refractivity contribution in [2.45, 2.75) is 11.4 Å². The molecule has 0 aliphatic carbocycles. The number of hydrogen-bond donors (Lipinski definition) is 1.